The van der Waals surface area contributed by atoms with Crippen molar-refractivity contribution in [2.45, 2.75) is 19.1 Å². The van der Waals surface area contributed by atoms with Crippen LogP contribution in [0, 0.1) is 0 Å². The highest BCUT2D eigenvalue weighted by molar-refractivity contribution is 5.43. The average molecular weight is 433 g/mol. The van der Waals surface area contributed by atoms with Gasteiger partial charge in [-0.15, -0.1) is 0 Å². The molecular weight excluding hydrogens is 396 g/mol. The van der Waals surface area contributed by atoms with E-state index in [2.05, 4.69) is 4.90 Å². The minimum absolute atomic E-state index is 0.209. The van der Waals surface area contributed by atoms with Crippen molar-refractivity contribution in [1.82, 2.24) is 9.80 Å². The van der Waals surface area contributed by atoms with Crippen molar-refractivity contribution < 1.29 is 24.1 Å². The minimum atomic E-state index is -0.614. The Morgan fingerprint density at radius 3 is 2.39 bits per heavy atom. The lowest BCUT2D eigenvalue weighted by molar-refractivity contribution is 0.0743. The third-order valence-corrected chi connectivity index (χ3v) is 4.69. The Hall–Kier alpha value is -2.48. The third kappa shape index (κ3) is 9.04. The van der Waals surface area contributed by atoms with E-state index in [1.165, 1.54) is 0 Å². The standard InChI is InChI=1S/C24H36N2O5/c1-25(2)12-7-13-30-23-11-10-19(14-24(23)29-5)16-26(3)17-20(27)18-31-22-9-6-8-21(15-22)28-4/h6,8-11,14-15,20,27H,7,12-13,16-18H2,1-5H3/t20-/m1/s1. The molecule has 1 N–H and O–H groups in total. The lowest BCUT2D eigenvalue weighted by Crippen LogP contribution is -2.32. The monoisotopic (exact) mass is 432 g/mol. The van der Waals surface area contributed by atoms with Gasteiger partial charge in [-0.25, -0.2) is 0 Å². The van der Waals surface area contributed by atoms with Gasteiger partial charge in [0, 0.05) is 25.7 Å². The summed E-state index contributed by atoms with van der Waals surface area (Å²) in [6, 6.07) is 13.3. The van der Waals surface area contributed by atoms with Crippen molar-refractivity contribution in [1.29, 1.82) is 0 Å². The molecule has 0 aliphatic carbocycles. The number of benzene rings is 2. The van der Waals surface area contributed by atoms with Gasteiger partial charge >= 0.3 is 0 Å². The summed E-state index contributed by atoms with van der Waals surface area (Å²) in [5.74, 6) is 2.87. The Balaban J connectivity index is 1.81. The first-order valence-corrected chi connectivity index (χ1v) is 10.5. The zero-order valence-electron chi connectivity index (χ0n) is 19.3. The second-order valence-electron chi connectivity index (χ2n) is 7.83. The molecule has 0 amide bonds. The molecule has 0 heterocycles. The van der Waals surface area contributed by atoms with Crippen LogP contribution in [0.25, 0.3) is 0 Å². The highest BCUT2D eigenvalue weighted by atomic mass is 16.5. The van der Waals surface area contributed by atoms with Crippen LogP contribution in [0.1, 0.15) is 12.0 Å². The predicted octanol–water partition coefficient (Wildman–Crippen LogP) is 2.91. The van der Waals surface area contributed by atoms with Crippen LogP contribution in [-0.4, -0.2) is 82.7 Å². The molecule has 0 aliphatic rings. The maximum absolute atomic E-state index is 10.3. The van der Waals surface area contributed by atoms with E-state index in [4.69, 9.17) is 18.9 Å². The molecule has 31 heavy (non-hydrogen) atoms. The normalized spacial score (nSPS) is 12.1. The fraction of sp³-hybridized carbons (Fsp3) is 0.500. The summed E-state index contributed by atoms with van der Waals surface area (Å²) >= 11 is 0. The Labute approximate surface area is 186 Å². The van der Waals surface area contributed by atoms with Gasteiger partial charge in [-0.1, -0.05) is 12.1 Å². The molecule has 0 bridgehead atoms. The molecule has 7 nitrogen and oxygen atoms in total. The van der Waals surface area contributed by atoms with E-state index in [1.54, 1.807) is 20.3 Å². The number of aliphatic hydroxyl groups excluding tert-OH is 1. The van der Waals surface area contributed by atoms with Crippen LogP contribution in [0.2, 0.25) is 0 Å². The lowest BCUT2D eigenvalue weighted by Gasteiger charge is -2.21. The first kappa shape index (κ1) is 24.8. The molecule has 0 radical (unpaired) electrons. The Kier molecular flexibility index (Phi) is 10.4. The van der Waals surface area contributed by atoms with Gasteiger partial charge in [-0.3, -0.25) is 4.90 Å². The van der Waals surface area contributed by atoms with Gasteiger partial charge in [0.2, 0.25) is 0 Å². The van der Waals surface area contributed by atoms with Crippen molar-refractivity contribution in [2.75, 3.05) is 61.7 Å². The third-order valence-electron chi connectivity index (χ3n) is 4.69. The predicted molar refractivity (Wildman–Crippen MR) is 122 cm³/mol. The topological polar surface area (TPSA) is 63.6 Å². The molecule has 2 aromatic rings. The van der Waals surface area contributed by atoms with Crippen LogP contribution in [-0.2, 0) is 6.54 Å². The Morgan fingerprint density at radius 2 is 1.68 bits per heavy atom. The van der Waals surface area contributed by atoms with Crippen molar-refractivity contribution in [3.63, 3.8) is 0 Å². The zero-order chi connectivity index (χ0) is 22.6. The molecule has 2 aromatic carbocycles. The summed E-state index contributed by atoms with van der Waals surface area (Å²) in [6.45, 7) is 2.99. The first-order chi connectivity index (χ1) is 14.9. The molecule has 0 fully saturated rings. The lowest BCUT2D eigenvalue weighted by atomic mass is 10.2. The number of hydrogen-bond donors (Lipinski definition) is 1. The molecule has 0 spiro atoms. The molecule has 0 unspecified atom stereocenters. The maximum atomic E-state index is 10.3. The SMILES string of the molecule is COc1cccc(OC[C@H](O)CN(C)Cc2ccc(OCCCN(C)C)c(OC)c2)c1. The molecule has 0 saturated heterocycles. The van der Waals surface area contributed by atoms with E-state index in [1.807, 2.05) is 62.4 Å². The number of likely N-dealkylation sites (N-methyl/N-ethyl adjacent to an activating group) is 1. The second-order valence-corrected chi connectivity index (χ2v) is 7.83. The van der Waals surface area contributed by atoms with Crippen LogP contribution in [0.3, 0.4) is 0 Å². The first-order valence-electron chi connectivity index (χ1n) is 10.5. The summed E-state index contributed by atoms with van der Waals surface area (Å²) in [7, 11) is 9.32. The van der Waals surface area contributed by atoms with Crippen molar-refractivity contribution in [3.05, 3.63) is 48.0 Å². The fourth-order valence-corrected chi connectivity index (χ4v) is 3.16. The summed E-state index contributed by atoms with van der Waals surface area (Å²) in [4.78, 5) is 4.18. The Morgan fingerprint density at radius 1 is 0.903 bits per heavy atom. The quantitative estimate of drug-likeness (QED) is 0.461. The second kappa shape index (κ2) is 13.0. The van der Waals surface area contributed by atoms with Gasteiger partial charge in [0.05, 0.1) is 20.8 Å². The minimum Gasteiger partial charge on any atom is -0.497 e. The number of nitrogens with zero attached hydrogens (tertiary/aromatic N) is 2. The molecule has 172 valence electrons. The van der Waals surface area contributed by atoms with Gasteiger partial charge in [-0.2, -0.15) is 0 Å². The number of ether oxygens (including phenoxy) is 4. The zero-order valence-corrected chi connectivity index (χ0v) is 19.3. The Bertz CT molecular complexity index is 784. The van der Waals surface area contributed by atoms with Crippen LogP contribution in [0.5, 0.6) is 23.0 Å². The van der Waals surface area contributed by atoms with Gasteiger partial charge in [0.25, 0.3) is 0 Å². The largest absolute Gasteiger partial charge is 0.497 e. The molecular formula is C24H36N2O5. The van der Waals surface area contributed by atoms with E-state index in [0.29, 0.717) is 25.4 Å². The number of hydrogen-bond acceptors (Lipinski definition) is 7. The van der Waals surface area contributed by atoms with Crippen molar-refractivity contribution in [3.8, 4) is 23.0 Å². The number of rotatable bonds is 14. The highest BCUT2D eigenvalue weighted by Crippen LogP contribution is 2.28. The van der Waals surface area contributed by atoms with E-state index in [0.717, 1.165) is 35.8 Å². The molecule has 0 saturated carbocycles. The van der Waals surface area contributed by atoms with Gasteiger partial charge < -0.3 is 29.0 Å². The molecule has 1 atom stereocenters. The molecule has 0 aromatic heterocycles. The van der Waals surface area contributed by atoms with E-state index >= 15 is 0 Å². The fourth-order valence-electron chi connectivity index (χ4n) is 3.16. The van der Waals surface area contributed by atoms with Crippen molar-refractivity contribution >= 4 is 0 Å². The molecule has 2 rings (SSSR count). The smallest absolute Gasteiger partial charge is 0.161 e. The number of aliphatic hydroxyl groups is 1. The average Bonchev–Trinajstić information content (AvgIpc) is 2.75. The summed E-state index contributed by atoms with van der Waals surface area (Å²) in [5, 5.41) is 10.3. The van der Waals surface area contributed by atoms with E-state index in [-0.39, 0.29) is 6.61 Å². The van der Waals surface area contributed by atoms with Crippen LogP contribution in [0.4, 0.5) is 0 Å². The van der Waals surface area contributed by atoms with Crippen LogP contribution in [0.15, 0.2) is 42.5 Å². The van der Waals surface area contributed by atoms with Crippen LogP contribution < -0.4 is 18.9 Å². The van der Waals surface area contributed by atoms with E-state index < -0.39 is 6.10 Å². The van der Waals surface area contributed by atoms with Crippen LogP contribution >= 0.6 is 0 Å². The summed E-state index contributed by atoms with van der Waals surface area (Å²) in [6.07, 6.45) is 0.341. The van der Waals surface area contributed by atoms with Gasteiger partial charge in [-0.05, 0) is 57.4 Å². The van der Waals surface area contributed by atoms with Crippen molar-refractivity contribution in [2.24, 2.45) is 0 Å². The van der Waals surface area contributed by atoms with Gasteiger partial charge in [0.15, 0.2) is 11.5 Å². The summed E-state index contributed by atoms with van der Waals surface area (Å²) in [5.41, 5.74) is 1.08. The number of methoxy groups -OCH3 is 2. The molecule has 0 aliphatic heterocycles. The van der Waals surface area contributed by atoms with Gasteiger partial charge in [0.1, 0.15) is 24.2 Å². The molecule has 7 heteroatoms. The summed E-state index contributed by atoms with van der Waals surface area (Å²) < 4.78 is 22.2. The highest BCUT2D eigenvalue weighted by Gasteiger charge is 2.12. The maximum Gasteiger partial charge on any atom is 0.161 e. The van der Waals surface area contributed by atoms with E-state index in [9.17, 15) is 5.11 Å².